The van der Waals surface area contributed by atoms with Crippen molar-refractivity contribution in [3.63, 3.8) is 0 Å². The molecule has 3 heterocycles. The Morgan fingerprint density at radius 3 is 3.09 bits per heavy atom. The molecular formula is C16H21N3O2S. The SMILES string of the molecule is Cc1ccsc1[C@@H]1CCN(C(=O)CCc2cnc[nH]2)C[C@H]1O. The Labute approximate surface area is 134 Å². The highest BCUT2D eigenvalue weighted by atomic mass is 32.1. The molecule has 0 unspecified atom stereocenters. The number of aromatic nitrogens is 2. The minimum absolute atomic E-state index is 0.106. The molecule has 0 aromatic carbocycles. The average Bonchev–Trinajstić information content (AvgIpc) is 3.16. The molecule has 0 spiro atoms. The second-order valence-electron chi connectivity index (χ2n) is 5.85. The largest absolute Gasteiger partial charge is 0.391 e. The predicted octanol–water partition coefficient (Wildman–Crippen LogP) is 2.09. The number of imidazole rings is 1. The van der Waals surface area contributed by atoms with Crippen molar-refractivity contribution < 1.29 is 9.90 Å². The highest BCUT2D eigenvalue weighted by molar-refractivity contribution is 7.10. The van der Waals surface area contributed by atoms with Crippen molar-refractivity contribution in [3.05, 3.63) is 40.1 Å². The van der Waals surface area contributed by atoms with E-state index < -0.39 is 6.10 Å². The van der Waals surface area contributed by atoms with Crippen LogP contribution in [0.5, 0.6) is 0 Å². The third kappa shape index (κ3) is 3.23. The number of nitrogens with one attached hydrogen (secondary N) is 1. The van der Waals surface area contributed by atoms with Gasteiger partial charge in [0.2, 0.25) is 5.91 Å². The second-order valence-corrected chi connectivity index (χ2v) is 6.79. The lowest BCUT2D eigenvalue weighted by Gasteiger charge is -2.36. The Balaban J connectivity index is 1.55. The van der Waals surface area contributed by atoms with Crippen molar-refractivity contribution in [2.45, 2.75) is 38.2 Å². The molecule has 1 aliphatic heterocycles. The zero-order valence-corrected chi connectivity index (χ0v) is 13.5. The van der Waals surface area contributed by atoms with E-state index in [1.54, 1.807) is 28.8 Å². The van der Waals surface area contributed by atoms with Crippen LogP contribution in [0, 0.1) is 6.92 Å². The van der Waals surface area contributed by atoms with Crippen LogP contribution in [0.25, 0.3) is 0 Å². The fourth-order valence-electron chi connectivity index (χ4n) is 3.05. The number of aromatic amines is 1. The van der Waals surface area contributed by atoms with E-state index in [2.05, 4.69) is 28.3 Å². The van der Waals surface area contributed by atoms with Crippen LogP contribution in [0.3, 0.4) is 0 Å². The van der Waals surface area contributed by atoms with Gasteiger partial charge in [0, 0.05) is 42.2 Å². The van der Waals surface area contributed by atoms with Gasteiger partial charge in [-0.1, -0.05) is 0 Å². The zero-order chi connectivity index (χ0) is 15.5. The van der Waals surface area contributed by atoms with Gasteiger partial charge in [-0.2, -0.15) is 0 Å². The maximum absolute atomic E-state index is 12.3. The van der Waals surface area contributed by atoms with Gasteiger partial charge in [-0.25, -0.2) is 4.98 Å². The second kappa shape index (κ2) is 6.62. The molecule has 0 bridgehead atoms. The number of carbonyl (C=O) groups excluding carboxylic acids is 1. The van der Waals surface area contributed by atoms with Crippen molar-refractivity contribution in [3.8, 4) is 0 Å². The molecule has 118 valence electrons. The molecule has 1 amide bonds. The fraction of sp³-hybridized carbons (Fsp3) is 0.500. The average molecular weight is 319 g/mol. The Morgan fingerprint density at radius 1 is 1.59 bits per heavy atom. The van der Waals surface area contributed by atoms with Gasteiger partial charge in [0.1, 0.15) is 0 Å². The summed E-state index contributed by atoms with van der Waals surface area (Å²) in [6.07, 6.45) is 4.85. The molecular weight excluding hydrogens is 298 g/mol. The standard InChI is InChI=1S/C16H21N3O2S/c1-11-5-7-22-16(11)13-4-6-19(9-14(13)20)15(21)3-2-12-8-17-10-18-12/h5,7-8,10,13-14,20H,2-4,6,9H2,1H3,(H,17,18)/t13-,14-/m1/s1. The van der Waals surface area contributed by atoms with Crippen molar-refractivity contribution in [1.29, 1.82) is 0 Å². The normalized spacial score (nSPS) is 22.0. The monoisotopic (exact) mass is 319 g/mol. The van der Waals surface area contributed by atoms with Gasteiger partial charge in [-0.15, -0.1) is 11.3 Å². The first-order valence-corrected chi connectivity index (χ1v) is 8.50. The molecule has 3 rings (SSSR count). The Kier molecular flexibility index (Phi) is 4.59. The minimum atomic E-state index is -0.470. The highest BCUT2D eigenvalue weighted by Gasteiger charge is 2.32. The van der Waals surface area contributed by atoms with E-state index >= 15 is 0 Å². The van der Waals surface area contributed by atoms with E-state index in [9.17, 15) is 9.90 Å². The number of rotatable bonds is 4. The number of nitrogens with zero attached hydrogens (tertiary/aromatic N) is 2. The predicted molar refractivity (Wildman–Crippen MR) is 85.9 cm³/mol. The molecule has 2 N–H and O–H groups in total. The molecule has 2 atom stereocenters. The first kappa shape index (κ1) is 15.2. The Bertz CT molecular complexity index is 623. The number of hydrogen-bond acceptors (Lipinski definition) is 4. The van der Waals surface area contributed by atoms with Crippen LogP contribution in [-0.4, -0.2) is 45.1 Å². The number of carbonyl (C=O) groups is 1. The third-order valence-electron chi connectivity index (χ3n) is 4.34. The fourth-order valence-corrected chi connectivity index (χ4v) is 4.17. The number of aliphatic hydroxyl groups excluding tert-OH is 1. The molecule has 22 heavy (non-hydrogen) atoms. The van der Waals surface area contributed by atoms with E-state index in [0.717, 1.165) is 18.7 Å². The van der Waals surface area contributed by atoms with E-state index in [0.29, 0.717) is 19.4 Å². The van der Waals surface area contributed by atoms with Gasteiger partial charge in [-0.3, -0.25) is 4.79 Å². The highest BCUT2D eigenvalue weighted by Crippen LogP contribution is 2.34. The van der Waals surface area contributed by atoms with Crippen molar-refractivity contribution >= 4 is 17.2 Å². The van der Waals surface area contributed by atoms with Crippen molar-refractivity contribution in [1.82, 2.24) is 14.9 Å². The summed E-state index contributed by atoms with van der Waals surface area (Å²) < 4.78 is 0. The number of amides is 1. The molecule has 0 saturated carbocycles. The molecule has 1 saturated heterocycles. The van der Waals surface area contributed by atoms with Crippen LogP contribution in [0.2, 0.25) is 0 Å². The van der Waals surface area contributed by atoms with Crippen LogP contribution in [0.15, 0.2) is 24.0 Å². The number of aryl methyl sites for hydroxylation is 2. The third-order valence-corrected chi connectivity index (χ3v) is 5.49. The molecule has 1 fully saturated rings. The van der Waals surface area contributed by atoms with E-state index in [1.165, 1.54) is 10.4 Å². The molecule has 2 aromatic rings. The summed E-state index contributed by atoms with van der Waals surface area (Å²) >= 11 is 1.70. The smallest absolute Gasteiger partial charge is 0.223 e. The van der Waals surface area contributed by atoms with E-state index in [4.69, 9.17) is 0 Å². The first-order chi connectivity index (χ1) is 10.6. The summed E-state index contributed by atoms with van der Waals surface area (Å²) in [6, 6.07) is 2.09. The lowest BCUT2D eigenvalue weighted by molar-refractivity contribution is -0.134. The first-order valence-electron chi connectivity index (χ1n) is 7.62. The van der Waals surface area contributed by atoms with Gasteiger partial charge in [0.15, 0.2) is 0 Å². The lowest BCUT2D eigenvalue weighted by atomic mass is 9.90. The van der Waals surface area contributed by atoms with E-state index in [-0.39, 0.29) is 11.8 Å². The number of thiophene rings is 1. The number of H-pyrrole nitrogens is 1. The van der Waals surface area contributed by atoms with Gasteiger partial charge < -0.3 is 15.0 Å². The molecule has 0 aliphatic carbocycles. The number of hydrogen-bond donors (Lipinski definition) is 2. The van der Waals surface area contributed by atoms with Crippen LogP contribution < -0.4 is 0 Å². The van der Waals surface area contributed by atoms with Crippen molar-refractivity contribution in [2.24, 2.45) is 0 Å². The molecule has 1 aliphatic rings. The number of aliphatic hydroxyl groups is 1. The lowest BCUT2D eigenvalue weighted by Crippen LogP contribution is -2.45. The van der Waals surface area contributed by atoms with Crippen LogP contribution >= 0.6 is 11.3 Å². The maximum Gasteiger partial charge on any atom is 0.223 e. The quantitative estimate of drug-likeness (QED) is 0.906. The van der Waals surface area contributed by atoms with Crippen LogP contribution in [0.1, 0.15) is 34.9 Å². The van der Waals surface area contributed by atoms with E-state index in [1.807, 2.05) is 0 Å². The summed E-state index contributed by atoms with van der Waals surface area (Å²) in [4.78, 5) is 22.3. The van der Waals surface area contributed by atoms with Gasteiger partial charge in [0.25, 0.3) is 0 Å². The van der Waals surface area contributed by atoms with Crippen molar-refractivity contribution in [2.75, 3.05) is 13.1 Å². The van der Waals surface area contributed by atoms with Gasteiger partial charge in [-0.05, 0) is 36.8 Å². The summed E-state index contributed by atoms with van der Waals surface area (Å²) in [7, 11) is 0. The summed E-state index contributed by atoms with van der Waals surface area (Å²) in [5.74, 6) is 0.270. The van der Waals surface area contributed by atoms with Crippen LogP contribution in [0.4, 0.5) is 0 Å². The van der Waals surface area contributed by atoms with Crippen LogP contribution in [-0.2, 0) is 11.2 Å². The van der Waals surface area contributed by atoms with Gasteiger partial charge >= 0.3 is 0 Å². The molecule has 2 aromatic heterocycles. The molecule has 6 heteroatoms. The minimum Gasteiger partial charge on any atom is -0.391 e. The summed E-state index contributed by atoms with van der Waals surface area (Å²) in [5.41, 5.74) is 2.21. The van der Waals surface area contributed by atoms with Gasteiger partial charge in [0.05, 0.1) is 12.4 Å². The Morgan fingerprint density at radius 2 is 2.45 bits per heavy atom. The zero-order valence-electron chi connectivity index (χ0n) is 12.7. The number of β-amino-alcohol motifs (C(OH)–C–C–N with tert-alkyl or cyclic N) is 1. The Hall–Kier alpha value is -1.66. The summed E-state index contributed by atoms with van der Waals surface area (Å²) in [5, 5.41) is 12.5. The number of likely N-dealkylation sites (tertiary alicyclic amines) is 1. The summed E-state index contributed by atoms with van der Waals surface area (Å²) in [6.45, 7) is 3.24. The molecule has 5 nitrogen and oxygen atoms in total. The topological polar surface area (TPSA) is 69.2 Å². The maximum atomic E-state index is 12.3. The number of piperidine rings is 1. The molecule has 0 radical (unpaired) electrons.